The average molecular weight is 399 g/mol. The SMILES string of the molecule is CCOc1cc(-c2ccccc2)sc1C(=O)NCc1cc(C(=O)OC)c(C)o1. The number of carbonyl (C=O) groups excluding carboxylic acids is 2. The van der Waals surface area contributed by atoms with E-state index < -0.39 is 5.97 Å². The summed E-state index contributed by atoms with van der Waals surface area (Å²) in [6, 6.07) is 13.3. The van der Waals surface area contributed by atoms with E-state index in [1.807, 2.05) is 43.3 Å². The lowest BCUT2D eigenvalue weighted by molar-refractivity contribution is 0.0598. The minimum absolute atomic E-state index is 0.154. The van der Waals surface area contributed by atoms with Crippen LogP contribution in [0.5, 0.6) is 5.75 Å². The number of esters is 1. The zero-order valence-electron chi connectivity index (χ0n) is 15.9. The van der Waals surface area contributed by atoms with Crippen LogP contribution in [-0.2, 0) is 11.3 Å². The molecule has 2 aromatic heterocycles. The van der Waals surface area contributed by atoms with Gasteiger partial charge in [0.25, 0.3) is 5.91 Å². The average Bonchev–Trinajstić information content (AvgIpc) is 3.30. The molecule has 0 aliphatic rings. The molecule has 0 aliphatic carbocycles. The van der Waals surface area contributed by atoms with Gasteiger partial charge in [-0.15, -0.1) is 11.3 Å². The number of ether oxygens (including phenoxy) is 2. The van der Waals surface area contributed by atoms with Crippen LogP contribution >= 0.6 is 11.3 Å². The summed E-state index contributed by atoms with van der Waals surface area (Å²) in [5.41, 5.74) is 1.38. The molecule has 146 valence electrons. The van der Waals surface area contributed by atoms with Crippen LogP contribution in [0, 0.1) is 6.92 Å². The maximum absolute atomic E-state index is 12.7. The summed E-state index contributed by atoms with van der Waals surface area (Å²) in [5, 5.41) is 2.82. The molecule has 0 saturated carbocycles. The molecule has 0 spiro atoms. The minimum atomic E-state index is -0.469. The number of benzene rings is 1. The van der Waals surface area contributed by atoms with E-state index in [1.165, 1.54) is 18.4 Å². The van der Waals surface area contributed by atoms with Gasteiger partial charge in [0, 0.05) is 4.88 Å². The third-order valence-corrected chi connectivity index (χ3v) is 5.22. The Morgan fingerprint density at radius 1 is 1.18 bits per heavy atom. The normalized spacial score (nSPS) is 10.5. The largest absolute Gasteiger partial charge is 0.492 e. The van der Waals surface area contributed by atoms with Gasteiger partial charge in [-0.3, -0.25) is 4.79 Å². The molecule has 0 atom stereocenters. The molecule has 0 radical (unpaired) electrons. The molecule has 1 aromatic carbocycles. The maximum Gasteiger partial charge on any atom is 0.341 e. The predicted molar refractivity (Wildman–Crippen MR) is 107 cm³/mol. The van der Waals surface area contributed by atoms with E-state index >= 15 is 0 Å². The van der Waals surface area contributed by atoms with Gasteiger partial charge in [-0.1, -0.05) is 30.3 Å². The first-order chi connectivity index (χ1) is 13.5. The summed E-state index contributed by atoms with van der Waals surface area (Å²) in [4.78, 5) is 25.9. The lowest BCUT2D eigenvalue weighted by atomic mass is 10.2. The molecule has 7 heteroatoms. The van der Waals surface area contributed by atoms with Crippen molar-refractivity contribution in [2.45, 2.75) is 20.4 Å². The van der Waals surface area contributed by atoms with Gasteiger partial charge in [0.15, 0.2) is 0 Å². The topological polar surface area (TPSA) is 77.8 Å². The van der Waals surface area contributed by atoms with E-state index in [0.29, 0.717) is 34.3 Å². The van der Waals surface area contributed by atoms with Gasteiger partial charge in [0.2, 0.25) is 0 Å². The molecule has 3 aromatic rings. The maximum atomic E-state index is 12.7. The lowest BCUT2D eigenvalue weighted by Gasteiger charge is -2.05. The number of furan rings is 1. The van der Waals surface area contributed by atoms with Crippen molar-refractivity contribution < 1.29 is 23.5 Å². The molecule has 6 nitrogen and oxygen atoms in total. The summed E-state index contributed by atoms with van der Waals surface area (Å²) < 4.78 is 15.9. The van der Waals surface area contributed by atoms with Crippen LogP contribution < -0.4 is 10.1 Å². The predicted octanol–water partition coefficient (Wildman–Crippen LogP) is 4.43. The molecule has 0 saturated heterocycles. The van der Waals surface area contributed by atoms with Crippen LogP contribution in [0.15, 0.2) is 46.9 Å². The molecule has 0 bridgehead atoms. The van der Waals surface area contributed by atoms with Gasteiger partial charge in [-0.25, -0.2) is 4.79 Å². The van der Waals surface area contributed by atoms with E-state index in [4.69, 9.17) is 13.9 Å². The summed E-state index contributed by atoms with van der Waals surface area (Å²) >= 11 is 1.37. The van der Waals surface area contributed by atoms with Crippen LogP contribution in [-0.4, -0.2) is 25.6 Å². The number of amides is 1. The fourth-order valence-electron chi connectivity index (χ4n) is 2.73. The second-order valence-corrected chi connectivity index (χ2v) is 7.01. The lowest BCUT2D eigenvalue weighted by Crippen LogP contribution is -2.22. The Labute approximate surface area is 167 Å². The zero-order valence-corrected chi connectivity index (χ0v) is 16.7. The van der Waals surface area contributed by atoms with Gasteiger partial charge in [0.1, 0.15) is 27.7 Å². The van der Waals surface area contributed by atoms with Crippen molar-refractivity contribution >= 4 is 23.2 Å². The monoisotopic (exact) mass is 399 g/mol. The molecule has 0 unspecified atom stereocenters. The van der Waals surface area contributed by atoms with Gasteiger partial charge < -0.3 is 19.2 Å². The highest BCUT2D eigenvalue weighted by molar-refractivity contribution is 7.17. The second-order valence-electron chi connectivity index (χ2n) is 5.96. The van der Waals surface area contributed by atoms with Crippen molar-refractivity contribution in [1.29, 1.82) is 0 Å². The molecular formula is C21H21NO5S. The standard InChI is InChI=1S/C21H21NO5S/c1-4-26-17-11-18(14-8-6-5-7-9-14)28-19(17)20(23)22-12-15-10-16(13(2)27-15)21(24)25-3/h5-11H,4,12H2,1-3H3,(H,22,23). The van der Waals surface area contributed by atoms with Crippen LogP contribution in [0.2, 0.25) is 0 Å². The Morgan fingerprint density at radius 2 is 1.93 bits per heavy atom. The second kappa shape index (κ2) is 8.75. The van der Waals surface area contributed by atoms with Crippen LogP contribution in [0.3, 0.4) is 0 Å². The summed E-state index contributed by atoms with van der Waals surface area (Å²) in [6.07, 6.45) is 0. The fraction of sp³-hybridized carbons (Fsp3) is 0.238. The summed E-state index contributed by atoms with van der Waals surface area (Å²) in [7, 11) is 1.31. The first-order valence-corrected chi connectivity index (χ1v) is 9.63. The number of carbonyl (C=O) groups is 2. The summed E-state index contributed by atoms with van der Waals surface area (Å²) in [6.45, 7) is 4.17. The third kappa shape index (κ3) is 4.26. The first kappa shape index (κ1) is 19.7. The number of rotatable bonds is 7. The van der Waals surface area contributed by atoms with E-state index in [1.54, 1.807) is 13.0 Å². The molecule has 1 N–H and O–H groups in total. The van der Waals surface area contributed by atoms with E-state index in [-0.39, 0.29) is 12.5 Å². The Bertz CT molecular complexity index is 974. The number of methoxy groups -OCH3 is 1. The highest BCUT2D eigenvalue weighted by Crippen LogP contribution is 2.36. The Kier molecular flexibility index (Phi) is 6.16. The third-order valence-electron chi connectivity index (χ3n) is 4.06. The number of thiophene rings is 1. The van der Waals surface area contributed by atoms with Crippen molar-refractivity contribution in [1.82, 2.24) is 5.32 Å². The molecule has 3 rings (SSSR count). The van der Waals surface area contributed by atoms with Crippen molar-refractivity contribution in [2.75, 3.05) is 13.7 Å². The quantitative estimate of drug-likeness (QED) is 0.595. The molecule has 1 amide bonds. The Morgan fingerprint density at radius 3 is 2.61 bits per heavy atom. The first-order valence-electron chi connectivity index (χ1n) is 8.81. The number of hydrogen-bond donors (Lipinski definition) is 1. The fourth-order valence-corrected chi connectivity index (χ4v) is 3.75. The minimum Gasteiger partial charge on any atom is -0.492 e. The van der Waals surface area contributed by atoms with Crippen molar-refractivity contribution in [3.05, 3.63) is 64.4 Å². The molecular weight excluding hydrogens is 378 g/mol. The Hall–Kier alpha value is -3.06. The van der Waals surface area contributed by atoms with Crippen LogP contribution in [0.4, 0.5) is 0 Å². The van der Waals surface area contributed by atoms with Crippen molar-refractivity contribution in [3.63, 3.8) is 0 Å². The van der Waals surface area contributed by atoms with Crippen LogP contribution in [0.1, 0.15) is 38.5 Å². The summed E-state index contributed by atoms with van der Waals surface area (Å²) in [5.74, 6) is 0.750. The van der Waals surface area contributed by atoms with Gasteiger partial charge in [-0.05, 0) is 31.5 Å². The highest BCUT2D eigenvalue weighted by atomic mass is 32.1. The van der Waals surface area contributed by atoms with Crippen LogP contribution in [0.25, 0.3) is 10.4 Å². The molecule has 0 aliphatic heterocycles. The number of aryl methyl sites for hydroxylation is 1. The van der Waals surface area contributed by atoms with Crippen molar-refractivity contribution in [3.8, 4) is 16.2 Å². The van der Waals surface area contributed by atoms with E-state index in [0.717, 1.165) is 10.4 Å². The molecule has 28 heavy (non-hydrogen) atoms. The molecule has 0 fully saturated rings. The van der Waals surface area contributed by atoms with Crippen molar-refractivity contribution in [2.24, 2.45) is 0 Å². The highest BCUT2D eigenvalue weighted by Gasteiger charge is 2.20. The zero-order chi connectivity index (χ0) is 20.1. The van der Waals surface area contributed by atoms with E-state index in [9.17, 15) is 9.59 Å². The number of nitrogens with one attached hydrogen (secondary N) is 1. The van der Waals surface area contributed by atoms with Gasteiger partial charge in [0.05, 0.1) is 20.3 Å². The number of hydrogen-bond acceptors (Lipinski definition) is 6. The molecule has 2 heterocycles. The van der Waals surface area contributed by atoms with Gasteiger partial charge >= 0.3 is 5.97 Å². The van der Waals surface area contributed by atoms with Gasteiger partial charge in [-0.2, -0.15) is 0 Å². The Balaban J connectivity index is 1.77. The van der Waals surface area contributed by atoms with E-state index in [2.05, 4.69) is 5.32 Å². The smallest absolute Gasteiger partial charge is 0.341 e.